The summed E-state index contributed by atoms with van der Waals surface area (Å²) < 4.78 is 0. The van der Waals surface area contributed by atoms with E-state index in [1.165, 1.54) is 38.5 Å². The van der Waals surface area contributed by atoms with E-state index in [0.29, 0.717) is 5.92 Å². The number of hydrogen-bond acceptors (Lipinski definition) is 1. The average Bonchev–Trinajstić information content (AvgIpc) is 2.60. The van der Waals surface area contributed by atoms with Crippen LogP contribution in [0.1, 0.15) is 56.0 Å². The standard InChI is InChI=1S/C15H24N2Si/c1-18(2,3)11-10-14-12-16-15(17-14)13-8-6-4-5-7-9-13/h12-13H,4-9H2,1-3H3,(H,16,17). The molecule has 18 heavy (non-hydrogen) atoms. The number of H-pyrrole nitrogens is 1. The van der Waals surface area contributed by atoms with Crippen LogP contribution in [0.25, 0.3) is 0 Å². The minimum Gasteiger partial charge on any atom is -0.335 e. The maximum atomic E-state index is 4.54. The Morgan fingerprint density at radius 3 is 2.44 bits per heavy atom. The van der Waals surface area contributed by atoms with Crippen LogP contribution in [0.4, 0.5) is 0 Å². The molecule has 0 aliphatic heterocycles. The number of rotatable bonds is 1. The number of imidazole rings is 1. The Kier molecular flexibility index (Phi) is 4.29. The molecule has 2 rings (SSSR count). The monoisotopic (exact) mass is 260 g/mol. The van der Waals surface area contributed by atoms with E-state index in [4.69, 9.17) is 0 Å². The molecule has 0 unspecified atom stereocenters. The summed E-state index contributed by atoms with van der Waals surface area (Å²) in [6.45, 7) is 6.80. The predicted molar refractivity (Wildman–Crippen MR) is 79.3 cm³/mol. The van der Waals surface area contributed by atoms with Crippen molar-refractivity contribution in [1.29, 1.82) is 0 Å². The van der Waals surface area contributed by atoms with Crippen molar-refractivity contribution in [1.82, 2.24) is 9.97 Å². The van der Waals surface area contributed by atoms with Gasteiger partial charge in [0.2, 0.25) is 0 Å². The van der Waals surface area contributed by atoms with E-state index in [2.05, 4.69) is 41.1 Å². The highest BCUT2D eigenvalue weighted by Crippen LogP contribution is 2.29. The summed E-state index contributed by atoms with van der Waals surface area (Å²) in [6.07, 6.45) is 9.96. The lowest BCUT2D eigenvalue weighted by molar-refractivity contribution is 0.566. The molecule has 0 bridgehead atoms. The zero-order valence-electron chi connectivity index (χ0n) is 11.8. The lowest BCUT2D eigenvalue weighted by Gasteiger charge is -2.09. The fourth-order valence-electron chi connectivity index (χ4n) is 2.42. The Hall–Kier alpha value is -1.01. The Balaban J connectivity index is 2.06. The van der Waals surface area contributed by atoms with E-state index >= 15 is 0 Å². The zero-order chi connectivity index (χ0) is 13.0. The first-order valence-corrected chi connectivity index (χ1v) is 10.6. The van der Waals surface area contributed by atoms with Crippen molar-refractivity contribution in [2.45, 2.75) is 64.1 Å². The van der Waals surface area contributed by atoms with Gasteiger partial charge in [0.15, 0.2) is 0 Å². The van der Waals surface area contributed by atoms with Crippen molar-refractivity contribution in [3.05, 3.63) is 17.7 Å². The van der Waals surface area contributed by atoms with E-state index in [1.807, 2.05) is 6.20 Å². The van der Waals surface area contributed by atoms with Gasteiger partial charge in [-0.2, -0.15) is 0 Å². The number of aromatic nitrogens is 2. The molecule has 0 radical (unpaired) electrons. The average molecular weight is 260 g/mol. The molecule has 0 amide bonds. The van der Waals surface area contributed by atoms with Gasteiger partial charge in [-0.3, -0.25) is 0 Å². The zero-order valence-corrected chi connectivity index (χ0v) is 12.8. The summed E-state index contributed by atoms with van der Waals surface area (Å²) >= 11 is 0. The molecule has 0 atom stereocenters. The third-order valence-electron chi connectivity index (χ3n) is 3.41. The fraction of sp³-hybridized carbons (Fsp3) is 0.667. The third kappa shape index (κ3) is 4.03. The third-order valence-corrected chi connectivity index (χ3v) is 4.28. The van der Waals surface area contributed by atoms with Crippen LogP contribution in [0.15, 0.2) is 6.20 Å². The molecule has 1 N–H and O–H groups in total. The second-order valence-corrected chi connectivity index (χ2v) is 11.1. The van der Waals surface area contributed by atoms with E-state index in [1.54, 1.807) is 0 Å². The summed E-state index contributed by atoms with van der Waals surface area (Å²) in [6, 6.07) is 0. The summed E-state index contributed by atoms with van der Waals surface area (Å²) in [5, 5.41) is 0. The number of nitrogens with zero attached hydrogens (tertiary/aromatic N) is 1. The quantitative estimate of drug-likeness (QED) is 0.460. The van der Waals surface area contributed by atoms with Crippen molar-refractivity contribution < 1.29 is 0 Å². The van der Waals surface area contributed by atoms with Gasteiger partial charge in [0.25, 0.3) is 0 Å². The lowest BCUT2D eigenvalue weighted by Crippen LogP contribution is -2.16. The molecule has 2 nitrogen and oxygen atoms in total. The summed E-state index contributed by atoms with van der Waals surface area (Å²) in [4.78, 5) is 7.96. The van der Waals surface area contributed by atoms with Crippen LogP contribution in [0.5, 0.6) is 0 Å². The molecular weight excluding hydrogens is 236 g/mol. The Bertz CT molecular complexity index is 437. The number of aromatic amines is 1. The van der Waals surface area contributed by atoms with Crippen LogP contribution < -0.4 is 0 Å². The van der Waals surface area contributed by atoms with Crippen molar-refractivity contribution in [2.24, 2.45) is 0 Å². The normalized spacial score (nSPS) is 17.9. The smallest absolute Gasteiger partial charge is 0.129 e. The lowest BCUT2D eigenvalue weighted by atomic mass is 10.00. The van der Waals surface area contributed by atoms with Crippen LogP contribution in [-0.4, -0.2) is 18.0 Å². The van der Waals surface area contributed by atoms with E-state index in [0.717, 1.165) is 11.5 Å². The molecule has 98 valence electrons. The van der Waals surface area contributed by atoms with Gasteiger partial charge in [-0.05, 0) is 12.8 Å². The second-order valence-electron chi connectivity index (χ2n) is 6.37. The van der Waals surface area contributed by atoms with Gasteiger partial charge in [0.05, 0.1) is 6.20 Å². The number of nitrogens with one attached hydrogen (secondary N) is 1. The Labute approximate surface area is 112 Å². The molecule has 1 saturated carbocycles. The molecule has 0 aromatic carbocycles. The molecule has 1 aliphatic carbocycles. The van der Waals surface area contributed by atoms with Crippen molar-refractivity contribution >= 4 is 8.07 Å². The van der Waals surface area contributed by atoms with E-state index < -0.39 is 8.07 Å². The Morgan fingerprint density at radius 1 is 1.17 bits per heavy atom. The Morgan fingerprint density at radius 2 is 1.83 bits per heavy atom. The molecule has 1 aromatic rings. The highest BCUT2D eigenvalue weighted by molar-refractivity contribution is 6.83. The SMILES string of the molecule is C[Si](C)(C)C#Cc1cnc(C2CCCCCC2)[nH]1. The van der Waals surface area contributed by atoms with Crippen LogP contribution in [-0.2, 0) is 0 Å². The van der Waals surface area contributed by atoms with E-state index in [-0.39, 0.29) is 0 Å². The molecular formula is C15H24N2Si. The maximum Gasteiger partial charge on any atom is 0.129 e. The van der Waals surface area contributed by atoms with Gasteiger partial charge in [-0.25, -0.2) is 4.98 Å². The van der Waals surface area contributed by atoms with Crippen LogP contribution in [0, 0.1) is 11.5 Å². The molecule has 1 aliphatic rings. The largest absolute Gasteiger partial charge is 0.335 e. The van der Waals surface area contributed by atoms with Crippen LogP contribution in [0.3, 0.4) is 0 Å². The van der Waals surface area contributed by atoms with E-state index in [9.17, 15) is 0 Å². The van der Waals surface area contributed by atoms with Crippen molar-refractivity contribution in [3.63, 3.8) is 0 Å². The second kappa shape index (κ2) is 5.75. The van der Waals surface area contributed by atoms with Gasteiger partial charge in [0, 0.05) is 5.92 Å². The first kappa shape index (κ1) is 13.4. The first-order valence-electron chi connectivity index (χ1n) is 7.13. The first-order chi connectivity index (χ1) is 8.54. The summed E-state index contributed by atoms with van der Waals surface area (Å²) in [5.41, 5.74) is 4.38. The number of hydrogen-bond donors (Lipinski definition) is 1. The minimum atomic E-state index is -1.29. The van der Waals surface area contributed by atoms with Gasteiger partial charge in [-0.15, -0.1) is 5.54 Å². The fourth-order valence-corrected chi connectivity index (χ4v) is 2.92. The van der Waals surface area contributed by atoms with Crippen LogP contribution >= 0.6 is 0 Å². The maximum absolute atomic E-state index is 4.54. The summed E-state index contributed by atoms with van der Waals surface area (Å²) in [5.74, 6) is 5.05. The topological polar surface area (TPSA) is 28.7 Å². The van der Waals surface area contributed by atoms with Crippen molar-refractivity contribution in [2.75, 3.05) is 0 Å². The van der Waals surface area contributed by atoms with Crippen LogP contribution in [0.2, 0.25) is 19.6 Å². The van der Waals surface area contributed by atoms with Gasteiger partial charge < -0.3 is 4.98 Å². The van der Waals surface area contributed by atoms with Crippen molar-refractivity contribution in [3.8, 4) is 11.5 Å². The highest BCUT2D eigenvalue weighted by Gasteiger charge is 2.17. The molecule has 0 saturated heterocycles. The molecule has 0 spiro atoms. The molecule has 1 heterocycles. The summed E-state index contributed by atoms with van der Waals surface area (Å²) in [7, 11) is -1.29. The predicted octanol–water partition coefficient (Wildman–Crippen LogP) is 4.08. The molecule has 3 heteroatoms. The highest BCUT2D eigenvalue weighted by atomic mass is 28.3. The van der Waals surface area contributed by atoms with Gasteiger partial charge in [-0.1, -0.05) is 51.2 Å². The molecule has 1 fully saturated rings. The van der Waals surface area contributed by atoms with Gasteiger partial charge in [0.1, 0.15) is 19.6 Å². The van der Waals surface area contributed by atoms with Gasteiger partial charge >= 0.3 is 0 Å². The molecule has 1 aromatic heterocycles. The minimum absolute atomic E-state index is 0.634.